The Bertz CT molecular complexity index is 522. The molecule has 0 aromatic carbocycles. The molecule has 2 N–H and O–H groups in total. The van der Waals surface area contributed by atoms with E-state index in [0.29, 0.717) is 0 Å². The molecular weight excluding hydrogens is 403 g/mol. The Morgan fingerprint density at radius 3 is 2.70 bits per heavy atom. The van der Waals surface area contributed by atoms with Gasteiger partial charge in [0.15, 0.2) is 5.96 Å². The molecule has 2 rings (SSSR count). The summed E-state index contributed by atoms with van der Waals surface area (Å²) in [5.74, 6) is 0.807. The van der Waals surface area contributed by atoms with Gasteiger partial charge in [-0.25, -0.2) is 4.98 Å². The van der Waals surface area contributed by atoms with Crippen molar-refractivity contribution >= 4 is 52.6 Å². The second-order valence-corrected chi connectivity index (χ2v) is 6.16. The first kappa shape index (κ1) is 17.4. The van der Waals surface area contributed by atoms with Crippen molar-refractivity contribution in [3.8, 4) is 0 Å². The molecule has 20 heavy (non-hydrogen) atoms. The third-order valence-electron chi connectivity index (χ3n) is 2.59. The molecule has 0 saturated heterocycles. The second-order valence-electron chi connectivity index (χ2n) is 3.93. The lowest BCUT2D eigenvalue weighted by atomic mass is 10.4. The van der Waals surface area contributed by atoms with E-state index in [0.717, 1.165) is 30.5 Å². The van der Waals surface area contributed by atoms with Crippen molar-refractivity contribution in [1.82, 2.24) is 15.6 Å². The fraction of sp³-hybridized carbons (Fsp3) is 0.385. The molecule has 0 saturated carbocycles. The highest BCUT2D eigenvalue weighted by atomic mass is 127. The summed E-state index contributed by atoms with van der Waals surface area (Å²) in [7, 11) is 1.78. The van der Waals surface area contributed by atoms with E-state index in [1.54, 1.807) is 29.7 Å². The van der Waals surface area contributed by atoms with Gasteiger partial charge >= 0.3 is 0 Å². The van der Waals surface area contributed by atoms with Crippen LogP contribution in [-0.2, 0) is 19.5 Å². The molecule has 2 aromatic rings. The highest BCUT2D eigenvalue weighted by Gasteiger charge is 2.03. The van der Waals surface area contributed by atoms with Gasteiger partial charge in [0.05, 0.1) is 13.1 Å². The minimum absolute atomic E-state index is 0. The van der Waals surface area contributed by atoms with Crippen LogP contribution in [0.1, 0.15) is 21.7 Å². The molecular formula is C13H19IN4S2. The number of nitrogens with one attached hydrogen (secondary N) is 2. The quantitative estimate of drug-likeness (QED) is 0.442. The van der Waals surface area contributed by atoms with Crippen LogP contribution in [-0.4, -0.2) is 18.0 Å². The standard InChI is InChI=1S/C13H18N4S2.HI/c1-3-10-7-15-12(19-10)9-17-13(14-2)16-8-11-5-4-6-18-11;/h4-7H,3,8-9H2,1-2H3,(H2,14,16,17);1H. The van der Waals surface area contributed by atoms with Gasteiger partial charge in [0.1, 0.15) is 5.01 Å². The summed E-state index contributed by atoms with van der Waals surface area (Å²) < 4.78 is 0. The van der Waals surface area contributed by atoms with Crippen molar-refractivity contribution in [2.75, 3.05) is 7.05 Å². The van der Waals surface area contributed by atoms with E-state index in [-0.39, 0.29) is 24.0 Å². The van der Waals surface area contributed by atoms with Crippen LogP contribution >= 0.6 is 46.7 Å². The number of hydrogen-bond acceptors (Lipinski definition) is 4. The summed E-state index contributed by atoms with van der Waals surface area (Å²) in [6.07, 6.45) is 2.99. The SMILES string of the molecule is CCc1cnc(CNC(=NC)NCc2cccs2)s1.I. The highest BCUT2D eigenvalue weighted by molar-refractivity contribution is 14.0. The Kier molecular flexibility index (Phi) is 8.08. The van der Waals surface area contributed by atoms with Crippen LogP contribution in [0.4, 0.5) is 0 Å². The molecule has 0 aliphatic carbocycles. The first-order chi connectivity index (χ1) is 9.31. The van der Waals surface area contributed by atoms with Crippen LogP contribution in [0.5, 0.6) is 0 Å². The van der Waals surface area contributed by atoms with Crippen molar-refractivity contribution in [1.29, 1.82) is 0 Å². The van der Waals surface area contributed by atoms with Gasteiger partial charge in [0.2, 0.25) is 0 Å². The molecule has 0 radical (unpaired) electrons. The summed E-state index contributed by atoms with van der Waals surface area (Å²) in [5.41, 5.74) is 0. The highest BCUT2D eigenvalue weighted by Crippen LogP contribution is 2.12. The molecule has 2 aromatic heterocycles. The zero-order valence-corrected chi connectivity index (χ0v) is 15.5. The Labute approximate surface area is 144 Å². The van der Waals surface area contributed by atoms with Crippen molar-refractivity contribution in [3.05, 3.63) is 38.5 Å². The van der Waals surface area contributed by atoms with E-state index < -0.39 is 0 Å². The van der Waals surface area contributed by atoms with Crippen LogP contribution < -0.4 is 10.6 Å². The monoisotopic (exact) mass is 422 g/mol. The third-order valence-corrected chi connectivity index (χ3v) is 4.61. The number of hydrogen-bond donors (Lipinski definition) is 2. The lowest BCUT2D eigenvalue weighted by molar-refractivity contribution is 0.811. The Hall–Kier alpha value is -0.670. The summed E-state index contributed by atoms with van der Waals surface area (Å²) >= 11 is 3.49. The number of rotatable bonds is 5. The molecule has 0 fully saturated rings. The van der Waals surface area contributed by atoms with Crippen molar-refractivity contribution < 1.29 is 0 Å². The fourth-order valence-corrected chi connectivity index (χ4v) is 3.00. The lowest BCUT2D eigenvalue weighted by Crippen LogP contribution is -2.36. The maximum Gasteiger partial charge on any atom is 0.191 e. The third kappa shape index (κ3) is 5.37. The van der Waals surface area contributed by atoms with Crippen LogP contribution in [0.15, 0.2) is 28.7 Å². The maximum absolute atomic E-state index is 4.38. The number of guanidine groups is 1. The molecule has 0 aliphatic rings. The number of thiazole rings is 1. The fourth-order valence-electron chi connectivity index (χ4n) is 1.56. The Balaban J connectivity index is 0.00000200. The maximum atomic E-state index is 4.38. The number of aliphatic imine (C=N–C) groups is 1. The van der Waals surface area contributed by atoms with Gasteiger partial charge in [0, 0.05) is 23.0 Å². The van der Waals surface area contributed by atoms with Gasteiger partial charge in [-0.1, -0.05) is 13.0 Å². The predicted octanol–water partition coefficient (Wildman–Crippen LogP) is 3.25. The Morgan fingerprint density at radius 2 is 2.10 bits per heavy atom. The van der Waals surface area contributed by atoms with E-state index in [1.165, 1.54) is 9.75 Å². The first-order valence-electron chi connectivity index (χ1n) is 6.22. The number of nitrogens with zero attached hydrogens (tertiary/aromatic N) is 2. The number of aromatic nitrogens is 1. The molecule has 0 atom stereocenters. The van der Waals surface area contributed by atoms with Crippen LogP contribution in [0.2, 0.25) is 0 Å². The van der Waals surface area contributed by atoms with E-state index in [1.807, 2.05) is 6.20 Å². The average Bonchev–Trinajstić information content (AvgIpc) is 3.10. The molecule has 4 nitrogen and oxygen atoms in total. The topological polar surface area (TPSA) is 49.3 Å². The van der Waals surface area contributed by atoms with Gasteiger partial charge in [-0.2, -0.15) is 0 Å². The molecule has 110 valence electrons. The first-order valence-corrected chi connectivity index (χ1v) is 7.92. The minimum Gasteiger partial charge on any atom is -0.352 e. The van der Waals surface area contributed by atoms with E-state index >= 15 is 0 Å². The predicted molar refractivity (Wildman–Crippen MR) is 98.3 cm³/mol. The summed E-state index contributed by atoms with van der Waals surface area (Å²) in [6.45, 7) is 3.66. The zero-order valence-electron chi connectivity index (χ0n) is 11.5. The molecule has 0 spiro atoms. The van der Waals surface area contributed by atoms with Gasteiger partial charge in [-0.3, -0.25) is 4.99 Å². The zero-order chi connectivity index (χ0) is 13.5. The second kappa shape index (κ2) is 9.30. The molecule has 0 amide bonds. The summed E-state index contributed by atoms with van der Waals surface area (Å²) in [4.78, 5) is 11.2. The van der Waals surface area contributed by atoms with Crippen LogP contribution in [0, 0.1) is 0 Å². The largest absolute Gasteiger partial charge is 0.352 e. The normalized spacial score (nSPS) is 11.0. The molecule has 0 aliphatic heterocycles. The summed E-state index contributed by atoms with van der Waals surface area (Å²) in [5, 5.41) is 9.74. The van der Waals surface area contributed by atoms with Crippen molar-refractivity contribution in [2.24, 2.45) is 4.99 Å². The summed E-state index contributed by atoms with van der Waals surface area (Å²) in [6, 6.07) is 4.17. The van der Waals surface area contributed by atoms with Crippen LogP contribution in [0.25, 0.3) is 0 Å². The van der Waals surface area contributed by atoms with Crippen LogP contribution in [0.3, 0.4) is 0 Å². The number of thiophene rings is 1. The van der Waals surface area contributed by atoms with Gasteiger partial charge in [0.25, 0.3) is 0 Å². The van der Waals surface area contributed by atoms with Gasteiger partial charge in [-0.15, -0.1) is 46.7 Å². The van der Waals surface area contributed by atoms with E-state index in [2.05, 4.69) is 45.0 Å². The molecule has 0 bridgehead atoms. The van der Waals surface area contributed by atoms with Crippen molar-refractivity contribution in [2.45, 2.75) is 26.4 Å². The lowest BCUT2D eigenvalue weighted by Gasteiger charge is -2.09. The Morgan fingerprint density at radius 1 is 1.30 bits per heavy atom. The molecule has 2 heterocycles. The molecule has 0 unspecified atom stereocenters. The average molecular weight is 422 g/mol. The van der Waals surface area contributed by atoms with Gasteiger partial charge in [-0.05, 0) is 17.9 Å². The number of halogens is 1. The minimum atomic E-state index is 0. The smallest absolute Gasteiger partial charge is 0.191 e. The number of aryl methyl sites for hydroxylation is 1. The van der Waals surface area contributed by atoms with Gasteiger partial charge < -0.3 is 10.6 Å². The van der Waals surface area contributed by atoms with Crippen molar-refractivity contribution in [3.63, 3.8) is 0 Å². The van der Waals surface area contributed by atoms with E-state index in [9.17, 15) is 0 Å². The van der Waals surface area contributed by atoms with E-state index in [4.69, 9.17) is 0 Å². The molecule has 7 heteroatoms.